The Hall–Kier alpha value is -3.27. The summed E-state index contributed by atoms with van der Waals surface area (Å²) in [6.07, 6.45) is 4.58. The number of nitro benzene ring substituents is 1. The molecule has 1 aromatic carbocycles. The van der Waals surface area contributed by atoms with Crippen molar-refractivity contribution >= 4 is 29.0 Å². The third-order valence-electron chi connectivity index (χ3n) is 3.21. The van der Waals surface area contributed by atoms with E-state index in [0.29, 0.717) is 15.7 Å². The van der Waals surface area contributed by atoms with Crippen molar-refractivity contribution in [3.63, 3.8) is 0 Å². The second-order valence-electron chi connectivity index (χ2n) is 4.96. The summed E-state index contributed by atoms with van der Waals surface area (Å²) < 4.78 is 1.65. The van der Waals surface area contributed by atoms with Crippen LogP contribution in [-0.4, -0.2) is 30.6 Å². The van der Waals surface area contributed by atoms with Crippen molar-refractivity contribution in [2.24, 2.45) is 7.05 Å². The number of aromatic nitrogens is 4. The van der Waals surface area contributed by atoms with Gasteiger partial charge in [-0.1, -0.05) is 0 Å². The Morgan fingerprint density at radius 3 is 2.84 bits per heavy atom. The second kappa shape index (κ2) is 7.09. The summed E-state index contributed by atoms with van der Waals surface area (Å²) in [4.78, 5) is 27.4. The largest absolute Gasteiger partial charge is 0.321 e. The number of carbonyl (C=O) groups is 1. The van der Waals surface area contributed by atoms with Gasteiger partial charge in [-0.25, -0.2) is 0 Å². The van der Waals surface area contributed by atoms with E-state index in [0.717, 1.165) is 11.8 Å². The highest BCUT2D eigenvalue weighted by Gasteiger charge is 2.20. The molecule has 0 spiro atoms. The Bertz CT molecular complexity index is 928. The molecule has 2 heterocycles. The van der Waals surface area contributed by atoms with Gasteiger partial charge in [0.25, 0.3) is 11.6 Å². The second-order valence-corrected chi connectivity index (χ2v) is 5.97. The number of amides is 1. The zero-order chi connectivity index (χ0) is 17.8. The molecule has 0 aliphatic carbocycles. The van der Waals surface area contributed by atoms with Crippen molar-refractivity contribution in [2.75, 3.05) is 5.32 Å². The van der Waals surface area contributed by atoms with Gasteiger partial charge in [0.2, 0.25) is 0 Å². The van der Waals surface area contributed by atoms with Gasteiger partial charge in [-0.15, -0.1) is 10.2 Å². The quantitative estimate of drug-likeness (QED) is 0.551. The molecule has 3 rings (SSSR count). The van der Waals surface area contributed by atoms with Crippen LogP contribution in [0.2, 0.25) is 0 Å². The van der Waals surface area contributed by atoms with Crippen molar-refractivity contribution in [3.05, 3.63) is 64.7 Å². The number of anilines is 1. The Kier molecular flexibility index (Phi) is 4.70. The Morgan fingerprint density at radius 2 is 2.20 bits per heavy atom. The first-order chi connectivity index (χ1) is 12.0. The summed E-state index contributed by atoms with van der Waals surface area (Å²) in [5.41, 5.74) is 0.511. The molecule has 2 aromatic heterocycles. The van der Waals surface area contributed by atoms with Crippen LogP contribution in [0, 0.1) is 10.1 Å². The fourth-order valence-electron chi connectivity index (χ4n) is 1.99. The summed E-state index contributed by atoms with van der Waals surface area (Å²) in [6.45, 7) is 0. The molecule has 126 valence electrons. The number of hydrogen-bond acceptors (Lipinski definition) is 7. The lowest BCUT2D eigenvalue weighted by Crippen LogP contribution is -2.12. The van der Waals surface area contributed by atoms with Crippen LogP contribution in [-0.2, 0) is 7.05 Å². The molecule has 0 radical (unpaired) electrons. The number of rotatable bonds is 5. The molecule has 0 saturated heterocycles. The van der Waals surface area contributed by atoms with Crippen molar-refractivity contribution < 1.29 is 9.72 Å². The van der Waals surface area contributed by atoms with E-state index in [4.69, 9.17) is 0 Å². The normalized spacial score (nSPS) is 10.4. The fraction of sp³-hybridized carbons (Fsp3) is 0.0667. The number of nitrogens with one attached hydrogen (secondary N) is 1. The predicted octanol–water partition coefficient (Wildman–Crippen LogP) is 2.52. The summed E-state index contributed by atoms with van der Waals surface area (Å²) in [5.74, 6) is -0.452. The van der Waals surface area contributed by atoms with E-state index in [9.17, 15) is 14.9 Å². The van der Waals surface area contributed by atoms with E-state index in [-0.39, 0.29) is 11.3 Å². The predicted molar refractivity (Wildman–Crippen MR) is 90.4 cm³/mol. The summed E-state index contributed by atoms with van der Waals surface area (Å²) in [6, 6.07) is 7.65. The van der Waals surface area contributed by atoms with Gasteiger partial charge in [0, 0.05) is 24.9 Å². The molecule has 0 aliphatic rings. The smallest absolute Gasteiger partial charge is 0.284 e. The number of aryl methyl sites for hydroxylation is 1. The minimum Gasteiger partial charge on any atom is -0.321 e. The highest BCUT2D eigenvalue weighted by atomic mass is 32.2. The van der Waals surface area contributed by atoms with Crippen LogP contribution < -0.4 is 5.32 Å². The highest BCUT2D eigenvalue weighted by Crippen LogP contribution is 2.34. The average Bonchev–Trinajstić information content (AvgIpc) is 3.00. The van der Waals surface area contributed by atoms with Gasteiger partial charge in [-0.05, 0) is 36.0 Å². The molecular formula is C15H12N6O3S. The van der Waals surface area contributed by atoms with Crippen LogP contribution in [0.5, 0.6) is 0 Å². The summed E-state index contributed by atoms with van der Waals surface area (Å²) in [5, 5.41) is 22.2. The van der Waals surface area contributed by atoms with Crippen LogP contribution in [0.4, 0.5) is 11.4 Å². The SMILES string of the molecule is Cn1cnnc1Sc1ccc(C(=O)Nc2cccnc2)cc1[N+](=O)[O-]. The van der Waals surface area contributed by atoms with E-state index in [1.807, 2.05) is 0 Å². The van der Waals surface area contributed by atoms with E-state index in [2.05, 4.69) is 20.5 Å². The highest BCUT2D eigenvalue weighted by molar-refractivity contribution is 7.99. The number of nitro groups is 1. The molecule has 0 bridgehead atoms. The molecule has 1 N–H and O–H groups in total. The minimum atomic E-state index is -0.528. The Labute approximate surface area is 146 Å². The van der Waals surface area contributed by atoms with Gasteiger partial charge >= 0.3 is 0 Å². The lowest BCUT2D eigenvalue weighted by Gasteiger charge is -2.07. The standard InChI is InChI=1S/C15H12N6O3S/c1-20-9-17-19-15(20)25-13-5-4-10(7-12(13)21(23)24)14(22)18-11-3-2-6-16-8-11/h2-9H,1H3,(H,18,22). The molecule has 10 heteroatoms. The minimum absolute atomic E-state index is 0.174. The molecule has 0 saturated carbocycles. The maximum Gasteiger partial charge on any atom is 0.284 e. The first-order valence-electron chi connectivity index (χ1n) is 7.06. The van der Waals surface area contributed by atoms with E-state index < -0.39 is 10.8 Å². The van der Waals surface area contributed by atoms with Gasteiger partial charge in [0.1, 0.15) is 6.33 Å². The first-order valence-corrected chi connectivity index (χ1v) is 7.88. The first kappa shape index (κ1) is 16.6. The number of carbonyl (C=O) groups excluding carboxylic acids is 1. The Balaban J connectivity index is 1.87. The molecule has 0 atom stereocenters. The molecular weight excluding hydrogens is 344 g/mol. The van der Waals surface area contributed by atoms with E-state index >= 15 is 0 Å². The lowest BCUT2D eigenvalue weighted by molar-refractivity contribution is -0.387. The van der Waals surface area contributed by atoms with Gasteiger partial charge in [0.05, 0.1) is 21.7 Å². The zero-order valence-electron chi connectivity index (χ0n) is 13.0. The monoisotopic (exact) mass is 356 g/mol. The molecule has 0 aliphatic heterocycles. The summed E-state index contributed by atoms with van der Waals surface area (Å²) in [7, 11) is 1.74. The lowest BCUT2D eigenvalue weighted by atomic mass is 10.2. The van der Waals surface area contributed by atoms with Crippen molar-refractivity contribution in [2.45, 2.75) is 10.1 Å². The van der Waals surface area contributed by atoms with Crippen molar-refractivity contribution in [1.29, 1.82) is 0 Å². The Morgan fingerprint density at radius 1 is 1.36 bits per heavy atom. The number of pyridine rings is 1. The molecule has 25 heavy (non-hydrogen) atoms. The third-order valence-corrected chi connectivity index (χ3v) is 4.33. The van der Waals surface area contributed by atoms with Gasteiger partial charge in [0.15, 0.2) is 5.16 Å². The number of hydrogen-bond donors (Lipinski definition) is 1. The van der Waals surface area contributed by atoms with Crippen LogP contribution in [0.25, 0.3) is 0 Å². The summed E-state index contributed by atoms with van der Waals surface area (Å²) >= 11 is 1.11. The number of nitrogens with zero attached hydrogens (tertiary/aromatic N) is 5. The maximum atomic E-state index is 12.3. The fourth-order valence-corrected chi connectivity index (χ4v) is 2.84. The van der Waals surface area contributed by atoms with Gasteiger partial charge in [-0.3, -0.25) is 19.9 Å². The third kappa shape index (κ3) is 3.80. The van der Waals surface area contributed by atoms with Crippen LogP contribution in [0.1, 0.15) is 10.4 Å². The van der Waals surface area contributed by atoms with Crippen molar-refractivity contribution in [1.82, 2.24) is 19.7 Å². The maximum absolute atomic E-state index is 12.3. The average molecular weight is 356 g/mol. The topological polar surface area (TPSA) is 116 Å². The molecule has 0 unspecified atom stereocenters. The van der Waals surface area contributed by atoms with Crippen LogP contribution >= 0.6 is 11.8 Å². The van der Waals surface area contributed by atoms with Crippen molar-refractivity contribution in [3.8, 4) is 0 Å². The molecule has 0 fully saturated rings. The molecule has 1 amide bonds. The molecule has 3 aromatic rings. The van der Waals surface area contributed by atoms with E-state index in [1.54, 1.807) is 29.9 Å². The van der Waals surface area contributed by atoms with Gasteiger partial charge in [-0.2, -0.15) is 0 Å². The van der Waals surface area contributed by atoms with E-state index in [1.165, 1.54) is 30.7 Å². The van der Waals surface area contributed by atoms with Gasteiger partial charge < -0.3 is 9.88 Å². The van der Waals surface area contributed by atoms with Crippen LogP contribution in [0.3, 0.4) is 0 Å². The van der Waals surface area contributed by atoms with Crippen LogP contribution in [0.15, 0.2) is 59.1 Å². The number of benzene rings is 1. The zero-order valence-corrected chi connectivity index (χ0v) is 13.8. The molecule has 9 nitrogen and oxygen atoms in total.